The summed E-state index contributed by atoms with van der Waals surface area (Å²) in [5.74, 6) is 0.870. The first-order valence-electron chi connectivity index (χ1n) is 8.57. The van der Waals surface area contributed by atoms with Crippen LogP contribution in [0.4, 0.5) is 5.82 Å². The van der Waals surface area contributed by atoms with E-state index in [4.69, 9.17) is 5.26 Å². The molecule has 1 aliphatic heterocycles. The average molecular weight is 321 g/mol. The van der Waals surface area contributed by atoms with Crippen LogP contribution in [0.25, 0.3) is 0 Å². The molecule has 1 saturated heterocycles. The van der Waals surface area contributed by atoms with Crippen molar-refractivity contribution in [3.63, 3.8) is 0 Å². The second-order valence-electron chi connectivity index (χ2n) is 6.23. The predicted octanol–water partition coefficient (Wildman–Crippen LogP) is 2.84. The van der Waals surface area contributed by atoms with Crippen molar-refractivity contribution in [2.75, 3.05) is 24.5 Å². The fourth-order valence-corrected chi connectivity index (χ4v) is 3.29. The van der Waals surface area contributed by atoms with E-state index in [1.54, 1.807) is 6.07 Å². The van der Waals surface area contributed by atoms with Gasteiger partial charge in [0.1, 0.15) is 6.07 Å². The van der Waals surface area contributed by atoms with Crippen LogP contribution < -0.4 is 4.90 Å². The average Bonchev–Trinajstić information content (AvgIpc) is 2.64. The van der Waals surface area contributed by atoms with Crippen molar-refractivity contribution in [3.05, 3.63) is 53.7 Å². The summed E-state index contributed by atoms with van der Waals surface area (Å²) in [5, 5.41) is 17.0. The Bertz CT molecular complexity index is 677. The maximum atomic E-state index is 8.85. The smallest absolute Gasteiger partial charge is 0.163 e. The molecule has 1 unspecified atom stereocenters. The van der Waals surface area contributed by atoms with E-state index in [1.807, 2.05) is 12.1 Å². The van der Waals surface area contributed by atoms with Gasteiger partial charge in [0.2, 0.25) is 0 Å². The summed E-state index contributed by atoms with van der Waals surface area (Å²) in [4.78, 5) is 4.86. The fourth-order valence-electron chi connectivity index (χ4n) is 3.29. The number of nitriles is 1. The number of aromatic nitrogens is 2. The number of piperazine rings is 1. The standard InChI is InChI=1S/C19H23N5/c1-2-6-18-15-24(19-10-9-17(13-20)21-22-19)12-11-23(18)14-16-7-4-3-5-8-16/h3-5,7-10,18H,2,6,11-12,14-15H2,1H3. The van der Waals surface area contributed by atoms with Gasteiger partial charge in [-0.2, -0.15) is 5.26 Å². The highest BCUT2D eigenvalue weighted by Gasteiger charge is 2.27. The van der Waals surface area contributed by atoms with Gasteiger partial charge < -0.3 is 4.90 Å². The van der Waals surface area contributed by atoms with Crippen molar-refractivity contribution in [2.24, 2.45) is 0 Å². The normalized spacial score (nSPS) is 18.3. The summed E-state index contributed by atoms with van der Waals surface area (Å²) < 4.78 is 0. The molecule has 5 nitrogen and oxygen atoms in total. The van der Waals surface area contributed by atoms with E-state index in [9.17, 15) is 0 Å². The Morgan fingerprint density at radius 2 is 1.96 bits per heavy atom. The molecule has 24 heavy (non-hydrogen) atoms. The largest absolute Gasteiger partial charge is 0.352 e. The van der Waals surface area contributed by atoms with Gasteiger partial charge >= 0.3 is 0 Å². The third kappa shape index (κ3) is 3.90. The number of anilines is 1. The second-order valence-corrected chi connectivity index (χ2v) is 6.23. The molecule has 1 aromatic heterocycles. The highest BCUT2D eigenvalue weighted by molar-refractivity contribution is 5.40. The van der Waals surface area contributed by atoms with Crippen molar-refractivity contribution < 1.29 is 0 Å². The molecule has 1 aliphatic rings. The molecule has 0 bridgehead atoms. The topological polar surface area (TPSA) is 56.1 Å². The molecule has 1 fully saturated rings. The van der Waals surface area contributed by atoms with E-state index in [1.165, 1.54) is 18.4 Å². The lowest BCUT2D eigenvalue weighted by Crippen LogP contribution is -2.53. The summed E-state index contributed by atoms with van der Waals surface area (Å²) in [6.07, 6.45) is 2.34. The summed E-state index contributed by atoms with van der Waals surface area (Å²) in [6, 6.07) is 16.8. The lowest BCUT2D eigenvalue weighted by Gasteiger charge is -2.42. The Kier molecular flexibility index (Phi) is 5.39. The summed E-state index contributed by atoms with van der Waals surface area (Å²) in [7, 11) is 0. The van der Waals surface area contributed by atoms with Crippen LogP contribution in [0.3, 0.4) is 0 Å². The van der Waals surface area contributed by atoms with Crippen LogP contribution in [0.1, 0.15) is 31.0 Å². The van der Waals surface area contributed by atoms with Crippen LogP contribution >= 0.6 is 0 Å². The van der Waals surface area contributed by atoms with E-state index >= 15 is 0 Å². The van der Waals surface area contributed by atoms with E-state index in [-0.39, 0.29) is 0 Å². The van der Waals surface area contributed by atoms with Gasteiger partial charge in [0.25, 0.3) is 0 Å². The molecule has 0 amide bonds. The van der Waals surface area contributed by atoms with E-state index < -0.39 is 0 Å². The highest BCUT2D eigenvalue weighted by Crippen LogP contribution is 2.21. The number of rotatable bonds is 5. The van der Waals surface area contributed by atoms with Crippen LogP contribution in [-0.4, -0.2) is 40.8 Å². The van der Waals surface area contributed by atoms with Crippen LogP contribution in [0.5, 0.6) is 0 Å². The number of hydrogen-bond donors (Lipinski definition) is 0. The second kappa shape index (κ2) is 7.89. The molecule has 0 spiro atoms. The summed E-state index contributed by atoms with van der Waals surface area (Å²) in [5.41, 5.74) is 1.73. The molecule has 2 aromatic rings. The Balaban J connectivity index is 1.69. The van der Waals surface area contributed by atoms with Crippen molar-refractivity contribution in [2.45, 2.75) is 32.4 Å². The third-order valence-electron chi connectivity index (χ3n) is 4.54. The van der Waals surface area contributed by atoms with Crippen molar-refractivity contribution in [1.82, 2.24) is 15.1 Å². The molecular formula is C19H23N5. The van der Waals surface area contributed by atoms with E-state index in [0.29, 0.717) is 11.7 Å². The lowest BCUT2D eigenvalue weighted by molar-refractivity contribution is 0.158. The minimum absolute atomic E-state index is 0.367. The molecule has 2 heterocycles. The SMILES string of the molecule is CCCC1CN(c2ccc(C#N)nn2)CCN1Cc1ccccc1. The molecule has 124 valence electrons. The Morgan fingerprint density at radius 3 is 2.62 bits per heavy atom. The maximum absolute atomic E-state index is 8.85. The van der Waals surface area contributed by atoms with Crippen molar-refractivity contribution in [3.8, 4) is 6.07 Å². The molecule has 0 N–H and O–H groups in total. The van der Waals surface area contributed by atoms with Gasteiger partial charge in [0, 0.05) is 32.2 Å². The van der Waals surface area contributed by atoms with Crippen LogP contribution in [0, 0.1) is 11.3 Å². The molecular weight excluding hydrogens is 298 g/mol. The minimum atomic E-state index is 0.367. The Hall–Kier alpha value is -2.45. The van der Waals surface area contributed by atoms with Gasteiger partial charge in [-0.1, -0.05) is 43.7 Å². The predicted molar refractivity (Wildman–Crippen MR) is 94.5 cm³/mol. The molecule has 1 atom stereocenters. The maximum Gasteiger partial charge on any atom is 0.163 e. The quantitative estimate of drug-likeness (QED) is 0.847. The summed E-state index contributed by atoms with van der Waals surface area (Å²) in [6.45, 7) is 6.15. The van der Waals surface area contributed by atoms with Crippen LogP contribution in [0.2, 0.25) is 0 Å². The molecule has 0 radical (unpaired) electrons. The molecule has 0 aliphatic carbocycles. The van der Waals surface area contributed by atoms with Gasteiger partial charge in [-0.05, 0) is 24.1 Å². The minimum Gasteiger partial charge on any atom is -0.352 e. The van der Waals surface area contributed by atoms with Gasteiger partial charge in [-0.3, -0.25) is 4.90 Å². The Labute approximate surface area is 143 Å². The zero-order valence-corrected chi connectivity index (χ0v) is 14.1. The monoisotopic (exact) mass is 321 g/mol. The fraction of sp³-hybridized carbons (Fsp3) is 0.421. The van der Waals surface area contributed by atoms with Gasteiger partial charge in [0.15, 0.2) is 11.5 Å². The molecule has 5 heteroatoms. The Morgan fingerprint density at radius 1 is 1.12 bits per heavy atom. The third-order valence-corrected chi connectivity index (χ3v) is 4.54. The number of benzene rings is 1. The zero-order valence-electron chi connectivity index (χ0n) is 14.1. The molecule has 0 saturated carbocycles. The first kappa shape index (κ1) is 16.4. The van der Waals surface area contributed by atoms with Gasteiger partial charge in [-0.15, -0.1) is 10.2 Å². The van der Waals surface area contributed by atoms with Crippen LogP contribution in [-0.2, 0) is 6.54 Å². The lowest BCUT2D eigenvalue weighted by atomic mass is 10.1. The zero-order chi connectivity index (χ0) is 16.8. The van der Waals surface area contributed by atoms with Gasteiger partial charge in [-0.25, -0.2) is 0 Å². The van der Waals surface area contributed by atoms with E-state index in [0.717, 1.165) is 32.0 Å². The number of hydrogen-bond acceptors (Lipinski definition) is 5. The first-order chi connectivity index (χ1) is 11.8. The molecule has 3 rings (SSSR count). The van der Waals surface area contributed by atoms with Crippen molar-refractivity contribution >= 4 is 5.82 Å². The highest BCUT2D eigenvalue weighted by atomic mass is 15.3. The van der Waals surface area contributed by atoms with Gasteiger partial charge in [0.05, 0.1) is 0 Å². The number of nitrogens with zero attached hydrogens (tertiary/aromatic N) is 5. The first-order valence-corrected chi connectivity index (χ1v) is 8.57. The summed E-state index contributed by atoms with van der Waals surface area (Å²) >= 11 is 0. The van der Waals surface area contributed by atoms with E-state index in [2.05, 4.69) is 57.3 Å². The van der Waals surface area contributed by atoms with Crippen LogP contribution in [0.15, 0.2) is 42.5 Å². The van der Waals surface area contributed by atoms with Crippen molar-refractivity contribution in [1.29, 1.82) is 5.26 Å². The molecule has 1 aromatic carbocycles.